The van der Waals surface area contributed by atoms with Gasteiger partial charge in [-0.2, -0.15) is 0 Å². The number of aromatic nitrogens is 2. The lowest BCUT2D eigenvalue weighted by Gasteiger charge is -2.47. The molecule has 0 saturated carbocycles. The molecule has 0 amide bonds. The maximum Gasteiger partial charge on any atom is 0.252 e. The fraction of sp³-hybridized carbons (Fsp3) is 0.237. The number of nitrogens with zero attached hydrogens (tertiary/aromatic N) is 4. The van der Waals surface area contributed by atoms with Crippen LogP contribution in [-0.2, 0) is 37.9 Å². The first kappa shape index (κ1) is 70.1. The van der Waals surface area contributed by atoms with Crippen LogP contribution in [0.4, 0.5) is 34.1 Å². The van der Waals surface area contributed by atoms with E-state index in [2.05, 4.69) is 408 Å². The molecular formula is C118H113BN4. The Hall–Kier alpha value is -12.4. The number of hydrogen-bond donors (Lipinski definition) is 0. The summed E-state index contributed by atoms with van der Waals surface area (Å²) in [5.41, 5.74) is 26.3. The molecule has 0 atom stereocenters. The number of fused-ring (bicyclic) bond motifs is 17. The molecular weight excluding hydrogens is 1480 g/mol. The highest BCUT2D eigenvalue weighted by Crippen LogP contribution is 2.57. The Morgan fingerprint density at radius 3 is 1.00 bits per heavy atom. The van der Waals surface area contributed by atoms with Crippen molar-refractivity contribution in [1.29, 1.82) is 0 Å². The normalized spacial score (nSPS) is 14.4. The van der Waals surface area contributed by atoms with Crippen molar-refractivity contribution in [2.75, 3.05) is 9.80 Å². The van der Waals surface area contributed by atoms with Crippen molar-refractivity contribution in [3.8, 4) is 50.2 Å². The third-order valence-electron chi connectivity index (χ3n) is 26.5. The molecule has 5 heterocycles. The first-order chi connectivity index (χ1) is 61.8. The van der Waals surface area contributed by atoms with Gasteiger partial charge in [0.2, 0.25) is 0 Å². The molecule has 0 unspecified atom stereocenters. The van der Waals surface area contributed by atoms with E-state index >= 15 is 0 Å². The summed E-state index contributed by atoms with van der Waals surface area (Å²) >= 11 is 0. The molecule has 0 N–H and O–H groups in total. The van der Waals surface area contributed by atoms with Crippen molar-refractivity contribution in [1.82, 2.24) is 8.97 Å². The minimum absolute atomic E-state index is 0.00795. The van der Waals surface area contributed by atoms with Crippen LogP contribution in [0.2, 0.25) is 0 Å². The number of anilines is 6. The summed E-state index contributed by atoms with van der Waals surface area (Å²) in [5, 5.41) is 8.82. The number of para-hydroxylation sites is 4. The molecule has 2 aliphatic rings. The molecule has 20 rings (SSSR count). The smallest absolute Gasteiger partial charge is 0.252 e. The number of rotatable bonds is 7. The molecule has 15 aromatic carbocycles. The van der Waals surface area contributed by atoms with Crippen LogP contribution >= 0.6 is 0 Å². The Kier molecular flexibility index (Phi) is 16.0. The lowest BCUT2D eigenvalue weighted by molar-refractivity contribution is 0.589. The topological polar surface area (TPSA) is 15.8 Å². The largest absolute Gasteiger partial charge is 0.310 e. The third kappa shape index (κ3) is 13.1. The second-order valence-electron chi connectivity index (χ2n) is 42.0. The minimum Gasteiger partial charge on any atom is -0.310 e. The molecule has 0 bridgehead atoms. The lowest BCUT2D eigenvalue weighted by Crippen LogP contribution is -2.61. The third-order valence-corrected chi connectivity index (χ3v) is 26.5. The van der Waals surface area contributed by atoms with Crippen LogP contribution in [0.1, 0.15) is 195 Å². The molecule has 4 nitrogen and oxygen atoms in total. The van der Waals surface area contributed by atoms with Gasteiger partial charge in [-0.25, -0.2) is 0 Å². The quantitative estimate of drug-likeness (QED) is 0.148. The Labute approximate surface area is 739 Å². The van der Waals surface area contributed by atoms with Gasteiger partial charge in [0.1, 0.15) is 0 Å². The molecule has 5 heteroatoms. The van der Waals surface area contributed by atoms with E-state index in [1.54, 1.807) is 4.57 Å². The van der Waals surface area contributed by atoms with E-state index in [-0.39, 0.29) is 61.0 Å². The summed E-state index contributed by atoms with van der Waals surface area (Å²) in [4.78, 5) is 5.27. The first-order valence-electron chi connectivity index (χ1n) is 47.9. The van der Waals surface area contributed by atoms with Gasteiger partial charge >= 0.3 is 0 Å². The standard InChI is InChI=1S/C118H113BN4/c1-112(2,3)76-41-32-37-72(59-76)93-63-80(116(13,14)15)64-94(73-38-33-42-77(60-73)113(4,5)6)110(93)122-104-69-83(120-100-54-29-26-49-88(100)89-50-27-30-55-101(89)120)57-58-98(104)119-99-70-97-87-48-25-23-46-85(87)84-45-22-24-47-86(84)91-52-36-53-92-90-51-28-31-56-102(90)121(109(91)92)103(97)71-105(99)123(107-68-82(118(19,20)21)67-106(122)108(107)119)111-95(74-39-34-43-78(61-74)114(7,8)9)65-81(117(16,17)18)66-96(111)75-40-35-44-79(62-75)115(10,11)12/h22-71H,1-21H3/i26D,27D,29D,30D,49D,50D,54D,55D. The van der Waals surface area contributed by atoms with Gasteiger partial charge < -0.3 is 18.8 Å². The van der Waals surface area contributed by atoms with Crippen LogP contribution in [0.15, 0.2) is 303 Å². The van der Waals surface area contributed by atoms with E-state index in [0.29, 0.717) is 5.69 Å². The van der Waals surface area contributed by atoms with Crippen molar-refractivity contribution in [3.63, 3.8) is 0 Å². The molecule has 123 heavy (non-hydrogen) atoms. The summed E-state index contributed by atoms with van der Waals surface area (Å²) in [6, 6.07) is 93.6. The van der Waals surface area contributed by atoms with Gasteiger partial charge in [-0.3, -0.25) is 0 Å². The summed E-state index contributed by atoms with van der Waals surface area (Å²) in [6.07, 6.45) is 0. The van der Waals surface area contributed by atoms with E-state index in [4.69, 9.17) is 0 Å². The minimum atomic E-state index is -0.622. The first-order valence-corrected chi connectivity index (χ1v) is 43.9. The average molecular weight is 1610 g/mol. The summed E-state index contributed by atoms with van der Waals surface area (Å²) in [5.74, 6) is 0. The van der Waals surface area contributed by atoms with Crippen LogP contribution in [0.3, 0.4) is 0 Å². The van der Waals surface area contributed by atoms with Crippen molar-refractivity contribution in [3.05, 3.63) is 342 Å². The fourth-order valence-corrected chi connectivity index (χ4v) is 19.7. The van der Waals surface area contributed by atoms with Gasteiger partial charge in [0.15, 0.2) is 0 Å². The van der Waals surface area contributed by atoms with Crippen LogP contribution < -0.4 is 26.2 Å². The summed E-state index contributed by atoms with van der Waals surface area (Å²) in [7, 11) is 0. The van der Waals surface area contributed by atoms with Gasteiger partial charge in [-0.1, -0.05) is 376 Å². The van der Waals surface area contributed by atoms with E-state index in [9.17, 15) is 11.0 Å². The highest BCUT2D eigenvalue weighted by Gasteiger charge is 2.47. The van der Waals surface area contributed by atoms with Crippen molar-refractivity contribution in [2.24, 2.45) is 0 Å². The molecule has 0 fully saturated rings. The highest BCUT2D eigenvalue weighted by molar-refractivity contribution is 7.00. The predicted molar refractivity (Wildman–Crippen MR) is 535 cm³/mol. The van der Waals surface area contributed by atoms with Gasteiger partial charge in [0, 0.05) is 83.0 Å². The number of hydrogen-bond acceptors (Lipinski definition) is 2. The summed E-state index contributed by atoms with van der Waals surface area (Å²) < 4.78 is 82.2. The Morgan fingerprint density at radius 2 is 0.585 bits per heavy atom. The SMILES string of the molecule is [2H]c1c([2H])c([2H])c2c(c1[2H])c1c([2H])c([2H])c([2H])c([2H])c1n2-c1ccc2c(c1)N(c1c(-c3cccc(C(C)(C)C)c3)cc(C(C)(C)C)cc1-c1cccc(C(C)(C)C)c1)c1cc(C(C)(C)C)cc3c1B2c1cc2c4ccccc4c4ccccc4c4cccc5c6ccccc6n(c2cc1N3c1c(-c2cccc(C(C)(C)C)c2)cc(C(C)(C)C)cc1-c1cccc(C(C)(C)C)c1)c45. The van der Waals surface area contributed by atoms with Gasteiger partial charge in [-0.05, 0) is 210 Å². The van der Waals surface area contributed by atoms with Crippen LogP contribution in [0, 0.1) is 0 Å². The van der Waals surface area contributed by atoms with E-state index in [0.717, 1.165) is 177 Å². The zero-order valence-electron chi connectivity index (χ0n) is 83.1. The van der Waals surface area contributed by atoms with E-state index < -0.39 is 53.8 Å². The van der Waals surface area contributed by atoms with Crippen LogP contribution in [0.25, 0.3) is 132 Å². The molecule has 0 radical (unpaired) electrons. The molecule has 2 aliphatic heterocycles. The fourth-order valence-electron chi connectivity index (χ4n) is 19.7. The molecule has 18 aromatic rings. The Morgan fingerprint density at radius 1 is 0.244 bits per heavy atom. The van der Waals surface area contributed by atoms with Crippen molar-refractivity contribution < 1.29 is 11.0 Å². The Bertz CT molecular complexity index is 7780. The van der Waals surface area contributed by atoms with Crippen LogP contribution in [-0.4, -0.2) is 15.7 Å². The van der Waals surface area contributed by atoms with Gasteiger partial charge in [-0.15, -0.1) is 0 Å². The summed E-state index contributed by atoms with van der Waals surface area (Å²) in [6.45, 7) is 47.9. The van der Waals surface area contributed by atoms with E-state index in [1.165, 1.54) is 16.7 Å². The average Bonchev–Trinajstić information content (AvgIpc) is 1.34. The number of benzene rings is 15. The van der Waals surface area contributed by atoms with Gasteiger partial charge in [0.25, 0.3) is 6.71 Å². The lowest BCUT2D eigenvalue weighted by atomic mass is 9.33. The maximum atomic E-state index is 10.2. The van der Waals surface area contributed by atoms with Gasteiger partial charge in [0.05, 0.1) is 49.9 Å². The molecule has 608 valence electrons. The molecule has 0 spiro atoms. The zero-order chi connectivity index (χ0) is 92.8. The molecule has 0 aliphatic carbocycles. The van der Waals surface area contributed by atoms with E-state index in [1.807, 2.05) is 6.07 Å². The maximum absolute atomic E-state index is 10.2. The zero-order valence-corrected chi connectivity index (χ0v) is 75.1. The predicted octanol–water partition coefficient (Wildman–Crippen LogP) is 31.2. The van der Waals surface area contributed by atoms with Crippen molar-refractivity contribution >= 4 is 139 Å². The van der Waals surface area contributed by atoms with Crippen LogP contribution in [0.5, 0.6) is 0 Å². The van der Waals surface area contributed by atoms with Crippen molar-refractivity contribution in [2.45, 2.75) is 183 Å². The second-order valence-corrected chi connectivity index (χ2v) is 42.0. The second kappa shape index (κ2) is 28.1. The Balaban J connectivity index is 1.08. The monoisotopic (exact) mass is 1600 g/mol. The molecule has 3 aromatic heterocycles. The molecule has 0 saturated heterocycles. The highest BCUT2D eigenvalue weighted by atomic mass is 15.2.